The third-order valence-electron chi connectivity index (χ3n) is 4.53. The van der Waals surface area contributed by atoms with Gasteiger partial charge in [0.15, 0.2) is 10.9 Å². The van der Waals surface area contributed by atoms with E-state index in [1.807, 2.05) is 68.4 Å². The van der Waals surface area contributed by atoms with Crippen LogP contribution in [-0.2, 0) is 12.8 Å². The average Bonchev–Trinajstić information content (AvgIpc) is 3.00. The Hall–Kier alpha value is -2.24. The molecule has 3 aromatic rings. The molecular weight excluding hydrogens is 390 g/mol. The van der Waals surface area contributed by atoms with E-state index in [9.17, 15) is 4.79 Å². The maximum atomic E-state index is 12.1. The summed E-state index contributed by atoms with van der Waals surface area (Å²) in [7, 11) is 3.82. The molecular formula is C22H24ClN3OS. The van der Waals surface area contributed by atoms with E-state index < -0.39 is 0 Å². The second-order valence-corrected chi connectivity index (χ2v) is 8.00. The summed E-state index contributed by atoms with van der Waals surface area (Å²) in [5, 5.41) is 5.20. The van der Waals surface area contributed by atoms with Gasteiger partial charge < -0.3 is 4.90 Å². The number of halogens is 1. The highest BCUT2D eigenvalue weighted by Gasteiger charge is 2.20. The summed E-state index contributed by atoms with van der Waals surface area (Å²) < 4.78 is 1.70. The summed E-state index contributed by atoms with van der Waals surface area (Å²) in [5.41, 5.74) is 3.53. The summed E-state index contributed by atoms with van der Waals surface area (Å²) in [4.78, 5) is 15.3. The summed E-state index contributed by atoms with van der Waals surface area (Å²) in [6.07, 6.45) is 1.43. The van der Waals surface area contributed by atoms with Crippen LogP contribution in [-0.4, -0.2) is 22.6 Å². The molecule has 1 aromatic heterocycles. The van der Waals surface area contributed by atoms with Gasteiger partial charge in [0.25, 0.3) is 0 Å². The number of aryl methyl sites for hydroxylation is 1. The van der Waals surface area contributed by atoms with Gasteiger partial charge in [-0.05, 0) is 42.8 Å². The topological polar surface area (TPSA) is 38.1 Å². The molecule has 0 saturated heterocycles. The molecule has 3 rings (SSSR count). The molecule has 0 unspecified atom stereocenters. The van der Waals surface area contributed by atoms with Gasteiger partial charge in [-0.25, -0.2) is 0 Å². The molecule has 1 heterocycles. The predicted octanol–water partition coefficient (Wildman–Crippen LogP) is 6.12. The number of hydrogen-bond donors (Lipinski definition) is 0. The molecule has 0 fully saturated rings. The van der Waals surface area contributed by atoms with Crippen molar-refractivity contribution in [2.75, 3.05) is 11.9 Å². The van der Waals surface area contributed by atoms with E-state index in [2.05, 4.69) is 17.2 Å². The summed E-state index contributed by atoms with van der Waals surface area (Å²) in [5.74, 6) is 0.896. The molecule has 0 radical (unpaired) electrons. The lowest BCUT2D eigenvalue weighted by atomic mass is 10.1. The highest BCUT2D eigenvalue weighted by Crippen LogP contribution is 2.36. The number of nitrogens with zero attached hydrogens (tertiary/aromatic N) is 3. The van der Waals surface area contributed by atoms with Crippen molar-refractivity contribution >= 4 is 40.5 Å². The van der Waals surface area contributed by atoms with Crippen LogP contribution in [0.2, 0.25) is 5.15 Å². The minimum Gasteiger partial charge on any atom is -0.341 e. The van der Waals surface area contributed by atoms with E-state index in [-0.39, 0.29) is 5.78 Å². The molecule has 28 heavy (non-hydrogen) atoms. The first-order chi connectivity index (χ1) is 13.5. The second-order valence-electron chi connectivity index (χ2n) is 6.59. The summed E-state index contributed by atoms with van der Waals surface area (Å²) in [6, 6.07) is 17.9. The normalized spacial score (nSPS) is 10.9. The Morgan fingerprint density at radius 2 is 1.82 bits per heavy atom. The molecule has 4 nitrogen and oxygen atoms in total. The maximum Gasteiger partial charge on any atom is 0.162 e. The van der Waals surface area contributed by atoms with Crippen LogP contribution in [0.5, 0.6) is 0 Å². The third kappa shape index (κ3) is 4.59. The predicted molar refractivity (Wildman–Crippen MR) is 118 cm³/mol. The first kappa shape index (κ1) is 20.5. The molecule has 0 bridgehead atoms. The van der Waals surface area contributed by atoms with Gasteiger partial charge in [-0.2, -0.15) is 5.10 Å². The van der Waals surface area contributed by atoms with Gasteiger partial charge in [-0.3, -0.25) is 9.48 Å². The molecule has 0 atom stereocenters. The number of Topliss-reactive ketones (excluding diaryl/α,β-unsaturated/α-hetero) is 1. The quantitative estimate of drug-likeness (QED) is 0.329. The lowest BCUT2D eigenvalue weighted by molar-refractivity contribution is 0.0982. The lowest BCUT2D eigenvalue weighted by Gasteiger charge is -2.20. The number of rotatable bonds is 8. The Kier molecular flexibility index (Phi) is 6.81. The number of thioether (sulfide) groups is 1. The van der Waals surface area contributed by atoms with Crippen LogP contribution in [0.1, 0.15) is 35.8 Å². The maximum absolute atomic E-state index is 12.1. The molecule has 0 aliphatic rings. The van der Waals surface area contributed by atoms with Crippen molar-refractivity contribution < 1.29 is 4.79 Å². The number of hydrogen-bond acceptors (Lipinski definition) is 4. The van der Waals surface area contributed by atoms with Crippen LogP contribution in [0, 0.1) is 0 Å². The molecule has 0 spiro atoms. The number of carbonyl (C=O) groups is 1. The Bertz CT molecular complexity index is 938. The van der Waals surface area contributed by atoms with Gasteiger partial charge in [0.1, 0.15) is 5.69 Å². The van der Waals surface area contributed by atoms with Crippen LogP contribution in [0.4, 0.5) is 11.4 Å². The second kappa shape index (κ2) is 9.30. The highest BCUT2D eigenvalue weighted by atomic mass is 35.5. The van der Waals surface area contributed by atoms with E-state index in [4.69, 9.17) is 11.6 Å². The smallest absolute Gasteiger partial charge is 0.162 e. The number of anilines is 2. The zero-order chi connectivity index (χ0) is 20.1. The van der Waals surface area contributed by atoms with Gasteiger partial charge in [0.2, 0.25) is 0 Å². The zero-order valence-electron chi connectivity index (χ0n) is 16.4. The van der Waals surface area contributed by atoms with Crippen molar-refractivity contribution in [2.24, 2.45) is 7.05 Å². The van der Waals surface area contributed by atoms with E-state index >= 15 is 0 Å². The van der Waals surface area contributed by atoms with E-state index in [0.717, 1.165) is 34.8 Å². The number of benzene rings is 2. The average molecular weight is 414 g/mol. The Labute approximate surface area is 175 Å². The summed E-state index contributed by atoms with van der Waals surface area (Å²) in [6.45, 7) is 2.01. The van der Waals surface area contributed by atoms with Gasteiger partial charge >= 0.3 is 0 Å². The SMILES string of the molecule is CCCC(=O)c1ccc(N(C)c2c(CSc3ccccc3)nn(C)c2Cl)cc1. The monoisotopic (exact) mass is 413 g/mol. The number of aromatic nitrogens is 2. The van der Waals surface area contributed by atoms with E-state index in [1.165, 1.54) is 4.90 Å². The molecule has 6 heteroatoms. The molecule has 0 aliphatic carbocycles. The Balaban J connectivity index is 1.82. The van der Waals surface area contributed by atoms with Crippen LogP contribution < -0.4 is 4.90 Å². The molecule has 146 valence electrons. The molecule has 0 N–H and O–H groups in total. The first-order valence-corrected chi connectivity index (χ1v) is 10.6. The van der Waals surface area contributed by atoms with Crippen molar-refractivity contribution in [3.8, 4) is 0 Å². The van der Waals surface area contributed by atoms with Crippen LogP contribution in [0.15, 0.2) is 59.5 Å². The van der Waals surface area contributed by atoms with Crippen LogP contribution >= 0.6 is 23.4 Å². The largest absolute Gasteiger partial charge is 0.341 e. The van der Waals surface area contributed by atoms with Crippen LogP contribution in [0.25, 0.3) is 0 Å². The van der Waals surface area contributed by atoms with Crippen molar-refractivity contribution in [1.82, 2.24) is 9.78 Å². The fraction of sp³-hybridized carbons (Fsp3) is 0.273. The van der Waals surface area contributed by atoms with Crippen molar-refractivity contribution in [1.29, 1.82) is 0 Å². The summed E-state index contributed by atoms with van der Waals surface area (Å²) >= 11 is 8.29. The van der Waals surface area contributed by atoms with E-state index in [0.29, 0.717) is 11.6 Å². The molecule has 0 aliphatic heterocycles. The molecule has 0 saturated carbocycles. The fourth-order valence-electron chi connectivity index (χ4n) is 3.01. The van der Waals surface area contributed by atoms with Gasteiger partial charge in [-0.15, -0.1) is 11.8 Å². The molecule has 2 aromatic carbocycles. The van der Waals surface area contributed by atoms with Crippen molar-refractivity contribution in [2.45, 2.75) is 30.4 Å². The third-order valence-corrected chi connectivity index (χ3v) is 5.98. The highest BCUT2D eigenvalue weighted by molar-refractivity contribution is 7.98. The fourth-order valence-corrected chi connectivity index (χ4v) is 4.13. The van der Waals surface area contributed by atoms with Gasteiger partial charge in [0, 0.05) is 42.4 Å². The van der Waals surface area contributed by atoms with Gasteiger partial charge in [0.05, 0.1) is 5.69 Å². The Morgan fingerprint density at radius 1 is 1.14 bits per heavy atom. The number of carbonyl (C=O) groups excluding carboxylic acids is 1. The minimum absolute atomic E-state index is 0.177. The van der Waals surface area contributed by atoms with Crippen molar-refractivity contribution in [3.63, 3.8) is 0 Å². The Morgan fingerprint density at radius 3 is 2.46 bits per heavy atom. The zero-order valence-corrected chi connectivity index (χ0v) is 17.9. The van der Waals surface area contributed by atoms with E-state index in [1.54, 1.807) is 16.4 Å². The standard InChI is InChI=1S/C22H24ClN3OS/c1-4-8-20(27)16-11-13-17(14-12-16)25(2)21-19(24-26(3)22(21)23)15-28-18-9-6-5-7-10-18/h5-7,9-14H,4,8,15H2,1-3H3. The van der Waals surface area contributed by atoms with Crippen LogP contribution in [0.3, 0.4) is 0 Å². The van der Waals surface area contributed by atoms with Crippen molar-refractivity contribution in [3.05, 3.63) is 71.0 Å². The van der Waals surface area contributed by atoms with Gasteiger partial charge in [-0.1, -0.05) is 36.7 Å². The lowest BCUT2D eigenvalue weighted by Crippen LogP contribution is -2.11. The minimum atomic E-state index is 0.177. The molecule has 0 amide bonds. The number of ketones is 1. The first-order valence-electron chi connectivity index (χ1n) is 9.27.